The van der Waals surface area contributed by atoms with Crippen molar-refractivity contribution in [3.8, 4) is 34.0 Å². The number of ether oxygens (including phenoxy) is 3. The van der Waals surface area contributed by atoms with E-state index >= 15 is 0 Å². The number of phenols is 1. The molecule has 6 amide bonds. The molecule has 4 heterocycles. The second-order valence-corrected chi connectivity index (χ2v) is 29.7. The van der Waals surface area contributed by atoms with Gasteiger partial charge in [0.25, 0.3) is 0 Å². The molecule has 2 aliphatic carbocycles. The number of hydrogen-bond acceptors (Lipinski definition) is 15. The topological polar surface area (TPSA) is 233 Å². The molecule has 11 rings (SSSR count). The molecule has 97 heavy (non-hydrogen) atoms. The van der Waals surface area contributed by atoms with Crippen molar-refractivity contribution in [2.24, 2.45) is 11.8 Å². The maximum atomic E-state index is 14.5. The zero-order valence-corrected chi connectivity index (χ0v) is 59.8. The van der Waals surface area contributed by atoms with Gasteiger partial charge in [0, 0.05) is 67.0 Å². The molecule has 0 bridgehead atoms. The lowest BCUT2D eigenvalue weighted by atomic mass is 9.83. The Balaban J connectivity index is 0.000000224. The number of rotatable bonds is 17. The summed E-state index contributed by atoms with van der Waals surface area (Å²) in [6, 6.07) is 30.5. The summed E-state index contributed by atoms with van der Waals surface area (Å²) in [6.07, 6.45) is 12.1. The Labute approximate surface area is 579 Å². The molecule has 2 saturated carbocycles. The van der Waals surface area contributed by atoms with E-state index in [4.69, 9.17) is 29.3 Å². The van der Waals surface area contributed by atoms with E-state index in [0.717, 1.165) is 162 Å². The van der Waals surface area contributed by atoms with Crippen LogP contribution in [0.2, 0.25) is 0 Å². The third-order valence-corrected chi connectivity index (χ3v) is 20.8. The van der Waals surface area contributed by atoms with Gasteiger partial charge in [-0.1, -0.05) is 117 Å². The number of thiazole rings is 2. The summed E-state index contributed by atoms with van der Waals surface area (Å²) in [6.45, 7) is 15.8. The predicted molar refractivity (Wildman–Crippen MR) is 382 cm³/mol. The van der Waals surface area contributed by atoms with E-state index in [1.165, 1.54) is 9.80 Å². The van der Waals surface area contributed by atoms with Crippen LogP contribution < -0.4 is 15.4 Å². The molecule has 520 valence electrons. The highest BCUT2D eigenvalue weighted by Crippen LogP contribution is 2.43. The number of benzene rings is 5. The summed E-state index contributed by atoms with van der Waals surface area (Å²) in [5.41, 5.74) is 3.39. The maximum Gasteiger partial charge on any atom is 0.410 e. The van der Waals surface area contributed by atoms with Crippen LogP contribution in [0.1, 0.15) is 173 Å². The van der Waals surface area contributed by atoms with E-state index < -0.39 is 47.6 Å². The number of aromatic nitrogens is 2. The molecule has 21 heteroatoms. The highest BCUT2D eigenvalue weighted by Gasteiger charge is 2.43. The minimum Gasteiger partial charge on any atom is -0.507 e. The van der Waals surface area contributed by atoms with E-state index in [9.17, 15) is 33.9 Å². The number of nitrogens with one attached hydrogen (secondary N) is 2. The molecule has 19 nitrogen and oxygen atoms in total. The average Bonchev–Trinajstić information content (AvgIpc) is 1.71. The van der Waals surface area contributed by atoms with Gasteiger partial charge in [-0.3, -0.25) is 29.0 Å². The molecule has 7 aromatic rings. The fraction of sp³-hybridized carbons (Fsp3) is 0.500. The highest BCUT2D eigenvalue weighted by atomic mass is 32.1. The minimum atomic E-state index is -0.806. The van der Waals surface area contributed by atoms with Crippen molar-refractivity contribution in [3.05, 3.63) is 129 Å². The van der Waals surface area contributed by atoms with E-state index in [-0.39, 0.29) is 53.3 Å². The van der Waals surface area contributed by atoms with Crippen LogP contribution in [0.4, 0.5) is 9.59 Å². The molecule has 4 aliphatic rings. The van der Waals surface area contributed by atoms with Crippen molar-refractivity contribution < 1.29 is 53.2 Å². The van der Waals surface area contributed by atoms with Crippen LogP contribution in [0.5, 0.6) is 11.5 Å². The van der Waals surface area contributed by atoms with Crippen molar-refractivity contribution in [2.75, 3.05) is 34.3 Å². The largest absolute Gasteiger partial charge is 0.507 e. The molecular weight excluding hydrogens is 1270 g/mol. The number of amides is 6. The second-order valence-electron chi connectivity index (χ2n) is 27.9. The molecule has 5 aromatic carbocycles. The van der Waals surface area contributed by atoms with Gasteiger partial charge >= 0.3 is 12.2 Å². The van der Waals surface area contributed by atoms with Crippen molar-refractivity contribution in [2.45, 2.75) is 199 Å². The molecule has 4 fully saturated rings. The van der Waals surface area contributed by atoms with Gasteiger partial charge < -0.3 is 44.9 Å². The lowest BCUT2D eigenvalue weighted by molar-refractivity contribution is -0.140. The Morgan fingerprint density at radius 3 is 1.38 bits per heavy atom. The molecule has 4 N–H and O–H groups in total. The van der Waals surface area contributed by atoms with Crippen LogP contribution in [0.25, 0.3) is 44.1 Å². The first kappa shape index (κ1) is 73.1. The summed E-state index contributed by atoms with van der Waals surface area (Å²) in [5.74, 6) is 0.264. The first-order valence-corrected chi connectivity index (χ1v) is 36.1. The quantitative estimate of drug-likeness (QED) is 0.0665. The van der Waals surface area contributed by atoms with Crippen LogP contribution >= 0.6 is 22.7 Å². The standard InChI is InChI=1S/C41H50N4O5S.C34H44N4O5S.CH4O/c1-27(44(5)40(48)50-41(2,3)4)37(46)43-36(29-17-10-7-11-18-29)39(47)45-24-14-21-34(45)38-42-33(26-51-38)31-22-23-35(32-20-13-12-19-30(31)32)49-25-28-15-8-6-9-16-28;1-21(37(5)33(42)43-34(2,3)4)30(40)36-29(22-12-7-6-8-13-22)32(41)38-19-11-16-27(38)31-35-26(20-44-31)24-17-18-28(39)25-15-10-9-14-23(24)25;1-2/h6,8-9,12-13,15-16,19-20,22-23,26-27,29,34,36H,7,10-11,14,17-18,21,24-25H2,1-5H3,(H,43,46);9-10,14-15,17-18,20-22,27,29,39H,6-8,11-13,16,19H2,1-5H3,(H,36,40);2H,1H3/t27-,34-,36-;21-,27-,29-;/m00./s1. The third-order valence-electron chi connectivity index (χ3n) is 18.9. The number of aliphatic hydroxyl groups is 1. The molecule has 2 aromatic heterocycles. The number of likely N-dealkylation sites (tertiary alicyclic amines) is 2. The number of nitrogens with zero attached hydrogens (tertiary/aromatic N) is 6. The summed E-state index contributed by atoms with van der Waals surface area (Å²) in [4.78, 5) is 97.9. The Bertz CT molecular complexity index is 3830. The Hall–Kier alpha value is -8.14. The lowest BCUT2D eigenvalue weighted by Crippen LogP contribution is -2.56. The van der Waals surface area contributed by atoms with Crippen LogP contribution in [0.15, 0.2) is 114 Å². The monoisotopic (exact) mass is 1360 g/mol. The normalized spacial score (nSPS) is 18.1. The molecular formula is C76H98N8O11S2. The molecule has 2 saturated heterocycles. The number of aliphatic hydroxyl groups excluding tert-OH is 1. The van der Waals surface area contributed by atoms with Gasteiger partial charge in [-0.05, 0) is 159 Å². The molecule has 0 unspecified atom stereocenters. The van der Waals surface area contributed by atoms with E-state index in [0.29, 0.717) is 19.7 Å². The zero-order chi connectivity index (χ0) is 69.7. The number of hydrogen-bond donors (Lipinski definition) is 4. The lowest BCUT2D eigenvalue weighted by Gasteiger charge is -2.36. The minimum absolute atomic E-state index is 0.0377. The first-order valence-electron chi connectivity index (χ1n) is 34.3. The van der Waals surface area contributed by atoms with Crippen LogP contribution in [0.3, 0.4) is 0 Å². The van der Waals surface area contributed by atoms with Crippen molar-refractivity contribution in [1.82, 2.24) is 40.2 Å². The number of carbonyl (C=O) groups is 6. The predicted octanol–water partition coefficient (Wildman–Crippen LogP) is 14.8. The number of fused-ring (bicyclic) bond motifs is 2. The fourth-order valence-electron chi connectivity index (χ4n) is 13.5. The van der Waals surface area contributed by atoms with Crippen molar-refractivity contribution in [1.29, 1.82) is 0 Å². The van der Waals surface area contributed by atoms with E-state index in [2.05, 4.69) is 46.3 Å². The number of likely N-dealkylation sites (N-methyl/N-ethyl adjacent to an activating group) is 2. The fourth-order valence-corrected chi connectivity index (χ4v) is 15.4. The summed E-state index contributed by atoms with van der Waals surface area (Å²) in [7, 11) is 4.10. The number of phenolic OH excluding ortho intramolecular Hbond substituents is 1. The van der Waals surface area contributed by atoms with Crippen molar-refractivity contribution in [3.63, 3.8) is 0 Å². The highest BCUT2D eigenvalue weighted by molar-refractivity contribution is 7.10. The average molecular weight is 1360 g/mol. The van der Waals surface area contributed by atoms with E-state index in [1.807, 2.05) is 81.9 Å². The zero-order valence-electron chi connectivity index (χ0n) is 58.2. The number of carbonyl (C=O) groups excluding carboxylic acids is 6. The Morgan fingerprint density at radius 2 is 0.938 bits per heavy atom. The van der Waals surface area contributed by atoms with Crippen LogP contribution in [0, 0.1) is 11.8 Å². The number of aromatic hydroxyl groups is 1. The molecule has 2 aliphatic heterocycles. The summed E-state index contributed by atoms with van der Waals surface area (Å²) < 4.78 is 17.2. The van der Waals surface area contributed by atoms with Crippen LogP contribution in [-0.2, 0) is 35.3 Å². The molecule has 0 radical (unpaired) electrons. The van der Waals surface area contributed by atoms with Gasteiger partial charge in [0.15, 0.2) is 0 Å². The van der Waals surface area contributed by atoms with Gasteiger partial charge in [0.1, 0.15) is 63.5 Å². The molecule has 6 atom stereocenters. The van der Waals surface area contributed by atoms with Crippen LogP contribution in [-0.4, -0.2) is 145 Å². The van der Waals surface area contributed by atoms with Gasteiger partial charge in [0.05, 0.1) is 23.5 Å². The van der Waals surface area contributed by atoms with Gasteiger partial charge in [0.2, 0.25) is 23.6 Å². The van der Waals surface area contributed by atoms with Gasteiger partial charge in [-0.25, -0.2) is 19.6 Å². The Morgan fingerprint density at radius 1 is 0.536 bits per heavy atom. The van der Waals surface area contributed by atoms with E-state index in [1.54, 1.807) is 98.2 Å². The summed E-state index contributed by atoms with van der Waals surface area (Å²) in [5, 5.41) is 33.2. The third kappa shape index (κ3) is 18.2. The smallest absolute Gasteiger partial charge is 0.410 e. The first-order chi connectivity index (χ1) is 46.4. The SMILES string of the molecule is CO.C[C@@H](C(=O)N[C@H](C(=O)N1CCC[C@H]1c1nc(-c2ccc(O)c3ccccc23)cs1)C1CCCCC1)N(C)C(=O)OC(C)(C)C.C[C@@H](C(=O)N[C@H](C(=O)N1CCC[C@H]1c1nc(-c2ccc(OCc3ccccc3)c3ccccc23)cs1)C1CCCCC1)N(C)C(=O)OC(C)(C)C. The maximum absolute atomic E-state index is 14.5. The second kappa shape index (κ2) is 32.9. The molecule has 0 spiro atoms. The Kier molecular flexibility index (Phi) is 24.8. The summed E-state index contributed by atoms with van der Waals surface area (Å²) >= 11 is 3.12. The van der Waals surface area contributed by atoms with Gasteiger partial charge in [-0.2, -0.15) is 0 Å². The van der Waals surface area contributed by atoms with Crippen molar-refractivity contribution >= 4 is 80.0 Å². The van der Waals surface area contributed by atoms with Gasteiger partial charge in [-0.15, -0.1) is 22.7 Å².